The number of benzene rings is 2. The standard InChI is InChI=1S/C20H22N2O3/c1-2-24-13-9-10-15-18(12-13)25-17-8-4-3-6-14(17)19(15)22-20(23)16-7-5-11-21-16/h3-4,6,8-10,12,16,19,21H,2,5,7,11H2,1H3,(H,22,23). The van der Waals surface area contributed by atoms with Gasteiger partial charge < -0.3 is 20.1 Å². The van der Waals surface area contributed by atoms with Crippen LogP contribution in [-0.4, -0.2) is 25.1 Å². The first-order valence-corrected chi connectivity index (χ1v) is 8.83. The summed E-state index contributed by atoms with van der Waals surface area (Å²) in [5.41, 5.74) is 1.93. The van der Waals surface area contributed by atoms with E-state index in [9.17, 15) is 4.79 Å². The second-order valence-corrected chi connectivity index (χ2v) is 6.36. The van der Waals surface area contributed by atoms with Gasteiger partial charge in [-0.3, -0.25) is 4.79 Å². The van der Waals surface area contributed by atoms with E-state index in [0.29, 0.717) is 6.61 Å². The van der Waals surface area contributed by atoms with Gasteiger partial charge in [0.2, 0.25) is 5.91 Å². The van der Waals surface area contributed by atoms with Crippen LogP contribution in [0.5, 0.6) is 17.2 Å². The molecule has 5 nitrogen and oxygen atoms in total. The summed E-state index contributed by atoms with van der Waals surface area (Å²) in [6.07, 6.45) is 1.92. The third-order valence-corrected chi connectivity index (χ3v) is 4.72. The highest BCUT2D eigenvalue weighted by Gasteiger charge is 2.31. The minimum absolute atomic E-state index is 0.0408. The lowest BCUT2D eigenvalue weighted by atomic mass is 9.94. The summed E-state index contributed by atoms with van der Waals surface area (Å²) in [7, 11) is 0. The van der Waals surface area contributed by atoms with Crippen molar-refractivity contribution in [2.24, 2.45) is 0 Å². The fourth-order valence-electron chi connectivity index (χ4n) is 3.50. The van der Waals surface area contributed by atoms with E-state index >= 15 is 0 Å². The number of carbonyl (C=O) groups excluding carboxylic acids is 1. The SMILES string of the molecule is CCOc1ccc2c(c1)Oc1ccccc1C2NC(=O)C1CCCN1. The Balaban J connectivity index is 1.68. The molecule has 4 rings (SSSR count). The fourth-order valence-corrected chi connectivity index (χ4v) is 3.50. The Morgan fingerprint density at radius 3 is 2.88 bits per heavy atom. The van der Waals surface area contributed by atoms with Crippen LogP contribution in [0, 0.1) is 0 Å². The van der Waals surface area contributed by atoms with Crippen molar-refractivity contribution in [1.82, 2.24) is 10.6 Å². The Labute approximate surface area is 147 Å². The van der Waals surface area contributed by atoms with E-state index in [0.717, 1.165) is 47.8 Å². The summed E-state index contributed by atoms with van der Waals surface area (Å²) in [6.45, 7) is 3.45. The van der Waals surface area contributed by atoms with Crippen LogP contribution in [0.4, 0.5) is 0 Å². The summed E-state index contributed by atoms with van der Waals surface area (Å²) in [6, 6.07) is 13.3. The molecule has 0 aliphatic carbocycles. The average molecular weight is 338 g/mol. The number of fused-ring (bicyclic) bond motifs is 2. The maximum atomic E-state index is 12.7. The molecule has 2 aromatic rings. The van der Waals surface area contributed by atoms with Crippen LogP contribution >= 0.6 is 0 Å². The van der Waals surface area contributed by atoms with Crippen LogP contribution in [0.3, 0.4) is 0 Å². The lowest BCUT2D eigenvalue weighted by Gasteiger charge is -2.30. The molecular weight excluding hydrogens is 316 g/mol. The van der Waals surface area contributed by atoms with Crippen molar-refractivity contribution >= 4 is 5.91 Å². The molecular formula is C20H22N2O3. The molecule has 5 heteroatoms. The molecule has 2 aliphatic rings. The van der Waals surface area contributed by atoms with Crippen molar-refractivity contribution < 1.29 is 14.3 Å². The monoisotopic (exact) mass is 338 g/mol. The molecule has 0 saturated carbocycles. The highest BCUT2D eigenvalue weighted by molar-refractivity contribution is 5.83. The van der Waals surface area contributed by atoms with Gasteiger partial charge in [0.15, 0.2) is 0 Å². The van der Waals surface area contributed by atoms with Gasteiger partial charge in [0.05, 0.1) is 18.7 Å². The van der Waals surface area contributed by atoms with Gasteiger partial charge in [-0.05, 0) is 44.5 Å². The van der Waals surface area contributed by atoms with E-state index in [2.05, 4.69) is 10.6 Å². The average Bonchev–Trinajstić information content (AvgIpc) is 3.16. The number of hydrogen-bond donors (Lipinski definition) is 2. The summed E-state index contributed by atoms with van der Waals surface area (Å²) < 4.78 is 11.6. The summed E-state index contributed by atoms with van der Waals surface area (Å²) in [4.78, 5) is 12.7. The highest BCUT2D eigenvalue weighted by atomic mass is 16.5. The number of para-hydroxylation sites is 1. The van der Waals surface area contributed by atoms with Gasteiger partial charge in [-0.25, -0.2) is 0 Å². The number of nitrogens with one attached hydrogen (secondary N) is 2. The summed E-state index contributed by atoms with van der Waals surface area (Å²) in [5, 5.41) is 6.46. The maximum absolute atomic E-state index is 12.7. The first-order chi connectivity index (χ1) is 12.3. The predicted octanol–water partition coefficient (Wildman–Crippen LogP) is 3.15. The molecule has 1 amide bonds. The minimum atomic E-state index is -0.217. The van der Waals surface area contributed by atoms with Gasteiger partial charge in [0.25, 0.3) is 0 Å². The van der Waals surface area contributed by atoms with E-state index < -0.39 is 0 Å². The molecule has 2 aromatic carbocycles. The Kier molecular flexibility index (Phi) is 4.32. The second kappa shape index (κ2) is 6.76. The number of amides is 1. The molecule has 0 bridgehead atoms. The normalized spacial score (nSPS) is 21.0. The molecule has 0 spiro atoms. The van der Waals surface area contributed by atoms with Crippen LogP contribution in [0.2, 0.25) is 0 Å². The second-order valence-electron chi connectivity index (χ2n) is 6.36. The zero-order valence-electron chi connectivity index (χ0n) is 14.2. The first kappa shape index (κ1) is 16.0. The van der Waals surface area contributed by atoms with Crippen LogP contribution in [0.15, 0.2) is 42.5 Å². The van der Waals surface area contributed by atoms with Gasteiger partial charge in [-0.15, -0.1) is 0 Å². The zero-order chi connectivity index (χ0) is 17.2. The van der Waals surface area contributed by atoms with Gasteiger partial charge in [-0.1, -0.05) is 18.2 Å². The maximum Gasteiger partial charge on any atom is 0.237 e. The Morgan fingerprint density at radius 1 is 1.24 bits per heavy atom. The van der Waals surface area contributed by atoms with Crippen LogP contribution < -0.4 is 20.1 Å². The van der Waals surface area contributed by atoms with Gasteiger partial charge >= 0.3 is 0 Å². The van der Waals surface area contributed by atoms with Crippen molar-refractivity contribution in [1.29, 1.82) is 0 Å². The smallest absolute Gasteiger partial charge is 0.237 e. The third-order valence-electron chi connectivity index (χ3n) is 4.72. The predicted molar refractivity (Wildman–Crippen MR) is 95.1 cm³/mol. The lowest BCUT2D eigenvalue weighted by molar-refractivity contribution is -0.123. The Hall–Kier alpha value is -2.53. The van der Waals surface area contributed by atoms with Gasteiger partial charge in [0, 0.05) is 17.2 Å². The molecule has 2 heterocycles. The van der Waals surface area contributed by atoms with Crippen molar-refractivity contribution in [2.75, 3.05) is 13.2 Å². The van der Waals surface area contributed by atoms with Crippen molar-refractivity contribution in [3.05, 3.63) is 53.6 Å². The number of rotatable bonds is 4. The van der Waals surface area contributed by atoms with Crippen molar-refractivity contribution in [3.63, 3.8) is 0 Å². The molecule has 2 unspecified atom stereocenters. The van der Waals surface area contributed by atoms with Crippen LogP contribution in [0.25, 0.3) is 0 Å². The van der Waals surface area contributed by atoms with Gasteiger partial charge in [-0.2, -0.15) is 0 Å². The van der Waals surface area contributed by atoms with Gasteiger partial charge in [0.1, 0.15) is 17.2 Å². The quantitative estimate of drug-likeness (QED) is 0.899. The largest absolute Gasteiger partial charge is 0.494 e. The molecule has 0 radical (unpaired) electrons. The van der Waals surface area contributed by atoms with E-state index in [-0.39, 0.29) is 18.0 Å². The van der Waals surface area contributed by atoms with Crippen molar-refractivity contribution in [3.8, 4) is 17.2 Å². The third kappa shape index (κ3) is 3.07. The van der Waals surface area contributed by atoms with E-state index in [1.54, 1.807) is 0 Å². The van der Waals surface area contributed by atoms with E-state index in [1.807, 2.05) is 49.4 Å². The summed E-state index contributed by atoms with van der Waals surface area (Å²) >= 11 is 0. The Morgan fingerprint density at radius 2 is 2.08 bits per heavy atom. The van der Waals surface area contributed by atoms with Crippen LogP contribution in [0.1, 0.15) is 36.9 Å². The van der Waals surface area contributed by atoms with E-state index in [4.69, 9.17) is 9.47 Å². The number of ether oxygens (including phenoxy) is 2. The molecule has 0 aromatic heterocycles. The highest BCUT2D eigenvalue weighted by Crippen LogP contribution is 2.44. The summed E-state index contributed by atoms with van der Waals surface area (Å²) in [5.74, 6) is 2.31. The van der Waals surface area contributed by atoms with E-state index in [1.165, 1.54) is 0 Å². The molecule has 130 valence electrons. The minimum Gasteiger partial charge on any atom is -0.494 e. The van der Waals surface area contributed by atoms with Crippen LogP contribution in [-0.2, 0) is 4.79 Å². The molecule has 25 heavy (non-hydrogen) atoms. The Bertz CT molecular complexity index is 784. The lowest BCUT2D eigenvalue weighted by Crippen LogP contribution is -2.42. The van der Waals surface area contributed by atoms with Crippen molar-refractivity contribution in [2.45, 2.75) is 31.8 Å². The zero-order valence-corrected chi connectivity index (χ0v) is 14.2. The molecule has 2 N–H and O–H groups in total. The topological polar surface area (TPSA) is 59.6 Å². The first-order valence-electron chi connectivity index (χ1n) is 8.83. The number of carbonyl (C=O) groups is 1. The molecule has 2 atom stereocenters. The fraction of sp³-hybridized carbons (Fsp3) is 0.350. The molecule has 1 fully saturated rings. The molecule has 2 aliphatic heterocycles. The number of hydrogen-bond acceptors (Lipinski definition) is 4. The molecule has 1 saturated heterocycles.